The number of benzene rings is 3. The maximum absolute atomic E-state index is 14.1. The lowest BCUT2D eigenvalue weighted by Crippen LogP contribution is -2.38. The third-order valence-electron chi connectivity index (χ3n) is 8.28. The Morgan fingerprint density at radius 3 is 2.29 bits per heavy atom. The number of para-hydroxylation sites is 1. The summed E-state index contributed by atoms with van der Waals surface area (Å²) in [5, 5.41) is 14.6. The minimum absolute atomic E-state index is 0.243. The van der Waals surface area contributed by atoms with Crippen molar-refractivity contribution in [1.29, 1.82) is 0 Å². The first kappa shape index (κ1) is 25.8. The minimum atomic E-state index is -0.400. The first-order chi connectivity index (χ1) is 20.6. The van der Waals surface area contributed by atoms with Gasteiger partial charge in [0.05, 0.1) is 5.69 Å². The highest BCUT2D eigenvalue weighted by Crippen LogP contribution is 2.34. The van der Waals surface area contributed by atoms with E-state index >= 15 is 0 Å². The van der Waals surface area contributed by atoms with Crippen molar-refractivity contribution in [3.8, 4) is 28.2 Å². The highest BCUT2D eigenvalue weighted by molar-refractivity contribution is 5.80. The van der Waals surface area contributed by atoms with E-state index in [0.717, 1.165) is 53.8 Å². The van der Waals surface area contributed by atoms with Gasteiger partial charge in [-0.2, -0.15) is 5.21 Å². The fourth-order valence-corrected chi connectivity index (χ4v) is 6.15. The Bertz CT molecular complexity index is 1980. The van der Waals surface area contributed by atoms with Crippen molar-refractivity contribution < 1.29 is 0 Å². The molecule has 10 heteroatoms. The molecule has 1 saturated carbocycles. The zero-order valence-corrected chi connectivity index (χ0v) is 23.3. The van der Waals surface area contributed by atoms with Gasteiger partial charge in [0.1, 0.15) is 5.82 Å². The minimum Gasteiger partial charge on any atom is -0.317 e. The van der Waals surface area contributed by atoms with Crippen LogP contribution in [0.4, 0.5) is 0 Å². The highest BCUT2D eigenvalue weighted by atomic mass is 16.2. The van der Waals surface area contributed by atoms with Gasteiger partial charge in [0.15, 0.2) is 11.2 Å². The third kappa shape index (κ3) is 4.45. The molecular weight excluding hydrogens is 528 g/mol. The van der Waals surface area contributed by atoms with Crippen LogP contribution < -0.4 is 11.2 Å². The van der Waals surface area contributed by atoms with Gasteiger partial charge in [0.25, 0.3) is 5.56 Å². The number of aryl methyl sites for hydroxylation is 1. The van der Waals surface area contributed by atoms with E-state index in [1.54, 1.807) is 19.2 Å². The maximum Gasteiger partial charge on any atom is 0.337 e. The summed E-state index contributed by atoms with van der Waals surface area (Å²) in [5.41, 5.74) is 4.63. The maximum atomic E-state index is 14.1. The first-order valence-corrected chi connectivity index (χ1v) is 14.3. The Balaban J connectivity index is 1.35. The van der Waals surface area contributed by atoms with E-state index in [0.29, 0.717) is 29.2 Å². The number of nitrogens with one attached hydrogen (secondary N) is 1. The molecule has 42 heavy (non-hydrogen) atoms. The summed E-state index contributed by atoms with van der Waals surface area (Å²) in [6.07, 6.45) is 5.53. The van der Waals surface area contributed by atoms with Crippen LogP contribution in [-0.4, -0.2) is 39.3 Å². The predicted molar refractivity (Wildman–Crippen MR) is 161 cm³/mol. The van der Waals surface area contributed by atoms with E-state index in [1.807, 2.05) is 42.5 Å². The molecule has 3 heterocycles. The Morgan fingerprint density at radius 1 is 0.857 bits per heavy atom. The lowest BCUT2D eigenvalue weighted by Gasteiger charge is -2.22. The topological polar surface area (TPSA) is 116 Å². The zero-order valence-electron chi connectivity index (χ0n) is 23.3. The molecule has 0 aliphatic heterocycles. The molecular formula is C32H30N8O2. The van der Waals surface area contributed by atoms with Gasteiger partial charge >= 0.3 is 5.69 Å². The first-order valence-electron chi connectivity index (χ1n) is 14.3. The molecule has 0 saturated heterocycles. The van der Waals surface area contributed by atoms with Crippen LogP contribution in [0.15, 0.2) is 88.5 Å². The van der Waals surface area contributed by atoms with E-state index in [2.05, 4.69) is 49.5 Å². The van der Waals surface area contributed by atoms with Gasteiger partial charge in [-0.3, -0.25) is 9.36 Å². The van der Waals surface area contributed by atoms with Crippen LogP contribution in [0.2, 0.25) is 0 Å². The summed E-state index contributed by atoms with van der Waals surface area (Å²) >= 11 is 0. The third-order valence-corrected chi connectivity index (χ3v) is 8.28. The predicted octanol–water partition coefficient (Wildman–Crippen LogP) is 4.83. The van der Waals surface area contributed by atoms with Gasteiger partial charge in [0.2, 0.25) is 5.82 Å². The van der Waals surface area contributed by atoms with E-state index in [4.69, 9.17) is 4.98 Å². The Labute approximate surface area is 241 Å². The van der Waals surface area contributed by atoms with Gasteiger partial charge in [-0.05, 0) is 46.9 Å². The molecule has 1 N–H and O–H groups in total. The zero-order chi connectivity index (χ0) is 28.6. The molecule has 0 radical (unpaired) electrons. The fraction of sp³-hybridized carbons (Fsp3) is 0.250. The lowest BCUT2D eigenvalue weighted by atomic mass is 9.88. The number of fused-ring (bicyclic) bond motifs is 1. The van der Waals surface area contributed by atoms with Crippen molar-refractivity contribution in [3.63, 3.8) is 0 Å². The largest absolute Gasteiger partial charge is 0.337 e. The summed E-state index contributed by atoms with van der Waals surface area (Å²) in [7, 11) is 1.70. The molecule has 1 aliphatic carbocycles. The molecule has 0 spiro atoms. The van der Waals surface area contributed by atoms with Crippen molar-refractivity contribution in [2.75, 3.05) is 0 Å². The number of rotatable bonds is 6. The summed E-state index contributed by atoms with van der Waals surface area (Å²) < 4.78 is 4.81. The van der Waals surface area contributed by atoms with Crippen molar-refractivity contribution in [3.05, 3.63) is 111 Å². The number of aromatic nitrogens is 8. The summed E-state index contributed by atoms with van der Waals surface area (Å²) in [6, 6.07) is 25.4. The molecule has 7 rings (SSSR count). The molecule has 3 aromatic heterocycles. The average molecular weight is 559 g/mol. The van der Waals surface area contributed by atoms with Crippen LogP contribution in [-0.2, 0) is 13.6 Å². The molecule has 0 atom stereocenters. The number of tetrazole rings is 1. The van der Waals surface area contributed by atoms with E-state index in [1.165, 1.54) is 15.6 Å². The monoisotopic (exact) mass is 558 g/mol. The summed E-state index contributed by atoms with van der Waals surface area (Å²) in [6.45, 7) is 0.470. The molecule has 6 aromatic rings. The van der Waals surface area contributed by atoms with E-state index in [-0.39, 0.29) is 11.5 Å². The molecule has 0 amide bonds. The van der Waals surface area contributed by atoms with Gasteiger partial charge in [-0.15, -0.1) is 10.2 Å². The van der Waals surface area contributed by atoms with Crippen LogP contribution in [0.5, 0.6) is 0 Å². The molecule has 210 valence electrons. The van der Waals surface area contributed by atoms with Gasteiger partial charge in [-0.25, -0.2) is 14.3 Å². The number of H-pyrrole nitrogens is 1. The molecule has 10 nitrogen and oxygen atoms in total. The number of aromatic amines is 1. The number of hydrogen-bond donors (Lipinski definition) is 1. The van der Waals surface area contributed by atoms with Gasteiger partial charge in [0, 0.05) is 25.1 Å². The quantitative estimate of drug-likeness (QED) is 0.313. The fourth-order valence-electron chi connectivity index (χ4n) is 6.15. The van der Waals surface area contributed by atoms with Crippen molar-refractivity contribution >= 4 is 11.2 Å². The second kappa shape index (κ2) is 10.7. The van der Waals surface area contributed by atoms with Crippen LogP contribution >= 0.6 is 0 Å². The van der Waals surface area contributed by atoms with Crippen molar-refractivity contribution in [2.24, 2.45) is 7.05 Å². The number of imidazole rings is 1. The van der Waals surface area contributed by atoms with E-state index in [9.17, 15) is 9.59 Å². The van der Waals surface area contributed by atoms with Crippen LogP contribution in [0.25, 0.3) is 39.4 Å². The second-order valence-corrected chi connectivity index (χ2v) is 10.9. The number of nitrogens with zero attached hydrogens (tertiary/aromatic N) is 7. The SMILES string of the molecule is Cn1c(=O)n(-c2ccccc2)c(=O)c2c1nc(C1CCCCC1)n2Cc1ccc(-c2ccccc2-c2nn[nH]n2)cc1. The highest BCUT2D eigenvalue weighted by Gasteiger charge is 2.27. The lowest BCUT2D eigenvalue weighted by molar-refractivity contribution is 0.420. The Hall–Kier alpha value is -5.12. The standard InChI is InChI=1S/C32H30N8O2/c1-38-30-27(31(41)40(32(38)42)24-12-6-3-7-13-24)39(29(33-30)23-10-4-2-5-11-23)20-21-16-18-22(19-17-21)25-14-8-9-15-26(25)28-34-36-37-35-28/h3,6-9,12-19,23H,2,4-5,10-11,20H2,1H3,(H,34,35,36,37). The molecule has 0 unspecified atom stereocenters. The van der Waals surface area contributed by atoms with Crippen LogP contribution in [0, 0.1) is 0 Å². The summed E-state index contributed by atoms with van der Waals surface area (Å²) in [5.74, 6) is 1.66. The average Bonchev–Trinajstić information content (AvgIpc) is 3.71. The Morgan fingerprint density at radius 2 is 1.57 bits per heavy atom. The molecule has 0 bridgehead atoms. The number of hydrogen-bond acceptors (Lipinski definition) is 6. The smallest absolute Gasteiger partial charge is 0.317 e. The van der Waals surface area contributed by atoms with Crippen molar-refractivity contribution in [1.82, 2.24) is 39.3 Å². The molecule has 1 aliphatic rings. The van der Waals surface area contributed by atoms with Gasteiger partial charge < -0.3 is 4.57 Å². The summed E-state index contributed by atoms with van der Waals surface area (Å²) in [4.78, 5) is 32.5. The normalized spacial score (nSPS) is 14.0. The Kier molecular flexibility index (Phi) is 6.58. The molecule has 3 aromatic carbocycles. The second-order valence-electron chi connectivity index (χ2n) is 10.9. The van der Waals surface area contributed by atoms with Gasteiger partial charge in [-0.1, -0.05) is 86.0 Å². The van der Waals surface area contributed by atoms with E-state index < -0.39 is 5.69 Å². The van der Waals surface area contributed by atoms with Crippen LogP contribution in [0.3, 0.4) is 0 Å². The van der Waals surface area contributed by atoms with Crippen molar-refractivity contribution in [2.45, 2.75) is 44.6 Å². The van der Waals surface area contributed by atoms with Crippen LogP contribution in [0.1, 0.15) is 49.4 Å². The molecule has 1 fully saturated rings.